The van der Waals surface area contributed by atoms with Crippen LogP contribution in [0, 0.1) is 0 Å². The molecule has 0 saturated heterocycles. The lowest BCUT2D eigenvalue weighted by atomic mass is 10.4. The molecule has 1 nitrogen and oxygen atoms in total. The van der Waals surface area contributed by atoms with E-state index in [2.05, 4.69) is 51.2 Å². The van der Waals surface area contributed by atoms with Crippen molar-refractivity contribution in [3.05, 3.63) is 52.8 Å². The monoisotopic (exact) mass is 267 g/mol. The number of halogens is 1. The van der Waals surface area contributed by atoms with E-state index in [4.69, 9.17) is 0 Å². The van der Waals surface area contributed by atoms with Crippen molar-refractivity contribution < 1.29 is 0 Å². The van der Waals surface area contributed by atoms with E-state index in [9.17, 15) is 0 Å². The second-order valence-corrected chi connectivity index (χ2v) is 4.84. The number of aromatic nitrogens is 1. The van der Waals surface area contributed by atoms with E-state index in [-0.39, 0.29) is 0 Å². The molecule has 3 heteroatoms. The Kier molecular flexibility index (Phi) is 3.32. The van der Waals surface area contributed by atoms with Crippen LogP contribution in [0.15, 0.2) is 52.0 Å². The Morgan fingerprint density at radius 3 is 2.50 bits per heavy atom. The van der Waals surface area contributed by atoms with E-state index >= 15 is 0 Å². The van der Waals surface area contributed by atoms with E-state index in [1.54, 1.807) is 0 Å². The lowest BCUT2D eigenvalue weighted by molar-refractivity contribution is 1.21. The van der Waals surface area contributed by atoms with Crippen molar-refractivity contribution in [1.82, 2.24) is 4.98 Å². The molecule has 0 atom stereocenters. The molecule has 0 amide bonds. The maximum Gasteiger partial charge on any atom is 0.0822 e. The summed E-state index contributed by atoms with van der Waals surface area (Å²) in [5.41, 5.74) is 1.24. The summed E-state index contributed by atoms with van der Waals surface area (Å²) in [6.07, 6.45) is 0. The highest BCUT2D eigenvalue weighted by atomic mass is 79.9. The average Bonchev–Trinajstić information content (AvgIpc) is 2.63. The van der Waals surface area contributed by atoms with Crippen LogP contribution in [0.2, 0.25) is 0 Å². The summed E-state index contributed by atoms with van der Waals surface area (Å²) in [5, 5.41) is 0. The fourth-order valence-corrected chi connectivity index (χ4v) is 2.40. The molecule has 0 radical (unpaired) electrons. The Labute approximate surface area is 96.1 Å². The smallest absolute Gasteiger partial charge is 0.0822 e. The van der Waals surface area contributed by atoms with Crippen molar-refractivity contribution in [2.75, 3.05) is 0 Å². The number of H-pyrrole nitrogens is 1. The Hall–Kier alpha value is -0.670. The molecule has 14 heavy (non-hydrogen) atoms. The number of nitrogens with one attached hydrogen (secondary N) is 1. The summed E-state index contributed by atoms with van der Waals surface area (Å²) >= 11 is 5.23. The van der Waals surface area contributed by atoms with Crippen molar-refractivity contribution in [2.24, 2.45) is 0 Å². The highest BCUT2D eigenvalue weighted by Crippen LogP contribution is 2.22. The summed E-state index contributed by atoms with van der Waals surface area (Å²) in [7, 11) is 0. The van der Waals surface area contributed by atoms with Gasteiger partial charge in [0, 0.05) is 16.3 Å². The van der Waals surface area contributed by atoms with Crippen molar-refractivity contribution in [3.8, 4) is 0 Å². The molecule has 72 valence electrons. The molecule has 0 bridgehead atoms. The highest BCUT2D eigenvalue weighted by Gasteiger charge is 1.97. The Morgan fingerprint density at radius 2 is 1.86 bits per heavy atom. The lowest BCUT2D eigenvalue weighted by Crippen LogP contribution is -1.79. The molecule has 0 spiro atoms. The third kappa shape index (κ3) is 2.66. The molecular formula is C11H10BrNS. The summed E-state index contributed by atoms with van der Waals surface area (Å²) in [4.78, 5) is 4.55. The van der Waals surface area contributed by atoms with Crippen LogP contribution in [0.1, 0.15) is 5.69 Å². The van der Waals surface area contributed by atoms with Gasteiger partial charge in [0.05, 0.1) is 4.60 Å². The first kappa shape index (κ1) is 9.87. The molecule has 0 unspecified atom stereocenters. The molecular weight excluding hydrogens is 258 g/mol. The van der Waals surface area contributed by atoms with Gasteiger partial charge in [0.1, 0.15) is 0 Å². The molecule has 2 rings (SSSR count). The van der Waals surface area contributed by atoms with E-state index in [1.165, 1.54) is 10.6 Å². The van der Waals surface area contributed by atoms with Gasteiger partial charge in [-0.05, 0) is 40.2 Å². The predicted molar refractivity (Wildman–Crippen MR) is 64.5 cm³/mol. The van der Waals surface area contributed by atoms with Gasteiger partial charge in [-0.15, -0.1) is 11.8 Å². The summed E-state index contributed by atoms with van der Waals surface area (Å²) < 4.78 is 1.04. The zero-order chi connectivity index (χ0) is 9.80. The Balaban J connectivity index is 1.95. The largest absolute Gasteiger partial charge is 0.352 e. The normalized spacial score (nSPS) is 10.4. The van der Waals surface area contributed by atoms with E-state index in [0.29, 0.717) is 0 Å². The van der Waals surface area contributed by atoms with Gasteiger partial charge >= 0.3 is 0 Å². The van der Waals surface area contributed by atoms with Gasteiger partial charge in [0.25, 0.3) is 0 Å². The molecule has 1 N–H and O–H groups in total. The van der Waals surface area contributed by atoms with E-state index in [0.717, 1.165) is 10.4 Å². The second-order valence-electron chi connectivity index (χ2n) is 2.93. The van der Waals surface area contributed by atoms with Crippen molar-refractivity contribution in [2.45, 2.75) is 10.6 Å². The summed E-state index contributed by atoms with van der Waals surface area (Å²) in [6, 6.07) is 14.5. The zero-order valence-corrected chi connectivity index (χ0v) is 9.94. The standard InChI is InChI=1S/C11H10BrNS/c12-11-7-6-9(13-11)8-14-10-4-2-1-3-5-10/h1-7,13H,8H2. The van der Waals surface area contributed by atoms with Crippen LogP contribution in [0.25, 0.3) is 0 Å². The third-order valence-electron chi connectivity index (χ3n) is 1.85. The molecule has 0 aliphatic carbocycles. The van der Waals surface area contributed by atoms with Gasteiger partial charge < -0.3 is 4.98 Å². The first-order valence-electron chi connectivity index (χ1n) is 4.36. The van der Waals surface area contributed by atoms with Crippen LogP contribution in [0.4, 0.5) is 0 Å². The van der Waals surface area contributed by atoms with Crippen LogP contribution >= 0.6 is 27.7 Å². The average molecular weight is 268 g/mol. The fourth-order valence-electron chi connectivity index (χ4n) is 1.17. The molecule has 1 aromatic heterocycles. The molecule has 0 saturated carbocycles. The Bertz CT molecular complexity index is 397. The Morgan fingerprint density at radius 1 is 1.07 bits per heavy atom. The van der Waals surface area contributed by atoms with Crippen molar-refractivity contribution in [1.29, 1.82) is 0 Å². The number of aromatic amines is 1. The SMILES string of the molecule is Brc1ccc(CSc2ccccc2)[nH]1. The zero-order valence-electron chi connectivity index (χ0n) is 7.53. The fraction of sp³-hybridized carbons (Fsp3) is 0.0909. The summed E-state index contributed by atoms with van der Waals surface area (Å²) in [6.45, 7) is 0. The minimum absolute atomic E-state index is 0.982. The lowest BCUT2D eigenvalue weighted by Gasteiger charge is -1.98. The van der Waals surface area contributed by atoms with Crippen molar-refractivity contribution >= 4 is 27.7 Å². The second kappa shape index (κ2) is 4.71. The quantitative estimate of drug-likeness (QED) is 0.830. The molecule has 0 fully saturated rings. The van der Waals surface area contributed by atoms with Gasteiger partial charge in [-0.3, -0.25) is 0 Å². The third-order valence-corrected chi connectivity index (χ3v) is 3.37. The first-order valence-corrected chi connectivity index (χ1v) is 6.14. The number of hydrogen-bond donors (Lipinski definition) is 1. The van der Waals surface area contributed by atoms with E-state index < -0.39 is 0 Å². The molecule has 1 heterocycles. The molecule has 1 aromatic carbocycles. The number of thioether (sulfide) groups is 1. The van der Waals surface area contributed by atoms with Crippen LogP contribution < -0.4 is 0 Å². The highest BCUT2D eigenvalue weighted by molar-refractivity contribution is 9.10. The maximum atomic E-state index is 3.39. The van der Waals surface area contributed by atoms with Gasteiger partial charge in [0.15, 0.2) is 0 Å². The first-order chi connectivity index (χ1) is 6.84. The minimum atomic E-state index is 0.982. The van der Waals surface area contributed by atoms with Crippen LogP contribution in [0.3, 0.4) is 0 Å². The molecule has 0 aliphatic rings. The van der Waals surface area contributed by atoms with Gasteiger partial charge in [-0.1, -0.05) is 18.2 Å². The van der Waals surface area contributed by atoms with Crippen LogP contribution in [-0.2, 0) is 5.75 Å². The predicted octanol–water partition coefficient (Wildman–Crippen LogP) is 4.07. The number of benzene rings is 1. The molecule has 0 aliphatic heterocycles. The van der Waals surface area contributed by atoms with Gasteiger partial charge in [-0.2, -0.15) is 0 Å². The van der Waals surface area contributed by atoms with Crippen LogP contribution in [-0.4, -0.2) is 4.98 Å². The van der Waals surface area contributed by atoms with Gasteiger partial charge in [-0.25, -0.2) is 0 Å². The number of hydrogen-bond acceptors (Lipinski definition) is 1. The van der Waals surface area contributed by atoms with Crippen LogP contribution in [0.5, 0.6) is 0 Å². The van der Waals surface area contributed by atoms with E-state index in [1.807, 2.05) is 23.9 Å². The minimum Gasteiger partial charge on any atom is -0.352 e. The maximum absolute atomic E-state index is 3.39. The van der Waals surface area contributed by atoms with Crippen molar-refractivity contribution in [3.63, 3.8) is 0 Å². The summed E-state index contributed by atoms with van der Waals surface area (Å²) in [5.74, 6) is 0.982. The molecule has 2 aromatic rings. The topological polar surface area (TPSA) is 15.8 Å². The number of rotatable bonds is 3. The van der Waals surface area contributed by atoms with Gasteiger partial charge in [0.2, 0.25) is 0 Å².